The summed E-state index contributed by atoms with van der Waals surface area (Å²) in [6.45, 7) is 0.905. The summed E-state index contributed by atoms with van der Waals surface area (Å²) < 4.78 is 18.5. The molecule has 1 aromatic rings. The van der Waals surface area contributed by atoms with Crippen molar-refractivity contribution < 1.29 is 9.13 Å². The Morgan fingerprint density at radius 1 is 1.47 bits per heavy atom. The van der Waals surface area contributed by atoms with Crippen molar-refractivity contribution in [3.05, 3.63) is 34.6 Å². The second-order valence-corrected chi connectivity index (χ2v) is 5.67. The van der Waals surface area contributed by atoms with Crippen LogP contribution in [0.1, 0.15) is 37.7 Å². The second kappa shape index (κ2) is 7.22. The van der Waals surface area contributed by atoms with Crippen LogP contribution in [0, 0.1) is 5.82 Å². The summed E-state index contributed by atoms with van der Waals surface area (Å²) in [5.74, 6) is -0.305. The van der Waals surface area contributed by atoms with E-state index in [4.69, 9.17) is 22.1 Å². The van der Waals surface area contributed by atoms with Crippen molar-refractivity contribution in [2.75, 3.05) is 6.61 Å². The minimum absolute atomic E-state index is 0.0735. The fraction of sp³-hybridized carbons (Fsp3) is 0.600. The molecule has 2 unspecified atom stereocenters. The quantitative estimate of drug-likeness (QED) is 0.865. The first kappa shape index (κ1) is 14.8. The van der Waals surface area contributed by atoms with E-state index in [2.05, 4.69) is 0 Å². The van der Waals surface area contributed by atoms with Gasteiger partial charge in [-0.05, 0) is 56.2 Å². The van der Waals surface area contributed by atoms with E-state index in [9.17, 15) is 4.39 Å². The molecule has 106 valence electrons. The van der Waals surface area contributed by atoms with Crippen LogP contribution in [-0.2, 0) is 11.2 Å². The standard InChI is InChI=1S/C15H21ClFNO/c16-15-10-12(17)7-6-11(15)9-13(18)3-1-4-14-5-2-8-19-14/h6-7,10,13-14H,1-5,8-9,18H2. The first-order valence-corrected chi connectivity index (χ1v) is 7.34. The molecule has 1 aliphatic heterocycles. The maximum atomic E-state index is 12.9. The van der Waals surface area contributed by atoms with Gasteiger partial charge in [-0.3, -0.25) is 0 Å². The smallest absolute Gasteiger partial charge is 0.124 e. The molecule has 1 aliphatic rings. The minimum Gasteiger partial charge on any atom is -0.378 e. The van der Waals surface area contributed by atoms with Crippen molar-refractivity contribution in [2.45, 2.75) is 50.7 Å². The summed E-state index contributed by atoms with van der Waals surface area (Å²) in [6.07, 6.45) is 6.61. The van der Waals surface area contributed by atoms with Crippen molar-refractivity contribution >= 4 is 11.6 Å². The molecular weight excluding hydrogens is 265 g/mol. The lowest BCUT2D eigenvalue weighted by Gasteiger charge is -2.14. The molecule has 19 heavy (non-hydrogen) atoms. The molecule has 2 atom stereocenters. The molecule has 2 rings (SSSR count). The van der Waals surface area contributed by atoms with E-state index in [1.54, 1.807) is 6.07 Å². The van der Waals surface area contributed by atoms with Crippen LogP contribution in [0.5, 0.6) is 0 Å². The van der Waals surface area contributed by atoms with E-state index in [0.717, 1.165) is 31.4 Å². The predicted octanol–water partition coefficient (Wildman–Crippen LogP) is 3.70. The number of hydrogen-bond acceptors (Lipinski definition) is 2. The summed E-state index contributed by atoms with van der Waals surface area (Å²) in [5, 5.41) is 0.467. The molecule has 1 heterocycles. The normalized spacial score (nSPS) is 20.7. The largest absolute Gasteiger partial charge is 0.378 e. The van der Waals surface area contributed by atoms with E-state index in [1.807, 2.05) is 0 Å². The van der Waals surface area contributed by atoms with Gasteiger partial charge >= 0.3 is 0 Å². The summed E-state index contributed by atoms with van der Waals surface area (Å²) in [4.78, 5) is 0. The van der Waals surface area contributed by atoms with Gasteiger partial charge in [0, 0.05) is 17.7 Å². The predicted molar refractivity (Wildman–Crippen MR) is 75.9 cm³/mol. The molecule has 1 aromatic carbocycles. The Hall–Kier alpha value is -0.640. The number of nitrogens with two attached hydrogens (primary N) is 1. The number of halogens is 2. The first-order valence-electron chi connectivity index (χ1n) is 6.96. The zero-order chi connectivity index (χ0) is 13.7. The molecule has 0 aliphatic carbocycles. The average molecular weight is 286 g/mol. The Balaban J connectivity index is 1.72. The van der Waals surface area contributed by atoms with E-state index in [-0.39, 0.29) is 11.9 Å². The van der Waals surface area contributed by atoms with Gasteiger partial charge in [0.1, 0.15) is 5.82 Å². The molecule has 2 nitrogen and oxygen atoms in total. The van der Waals surface area contributed by atoms with Crippen molar-refractivity contribution in [1.82, 2.24) is 0 Å². The van der Waals surface area contributed by atoms with Crippen LogP contribution in [0.15, 0.2) is 18.2 Å². The summed E-state index contributed by atoms with van der Waals surface area (Å²) in [5.41, 5.74) is 7.03. The third-order valence-corrected chi connectivity index (χ3v) is 3.97. The molecule has 0 bridgehead atoms. The lowest BCUT2D eigenvalue weighted by molar-refractivity contribution is 0.101. The van der Waals surface area contributed by atoms with E-state index < -0.39 is 0 Å². The van der Waals surface area contributed by atoms with Crippen LogP contribution in [-0.4, -0.2) is 18.8 Å². The highest BCUT2D eigenvalue weighted by Crippen LogP contribution is 2.21. The number of hydrogen-bond donors (Lipinski definition) is 1. The monoisotopic (exact) mass is 285 g/mol. The molecule has 0 saturated carbocycles. The molecule has 1 fully saturated rings. The molecular formula is C15H21ClFNO. The maximum absolute atomic E-state index is 12.9. The minimum atomic E-state index is -0.305. The van der Waals surface area contributed by atoms with Gasteiger partial charge in [-0.2, -0.15) is 0 Å². The number of ether oxygens (including phenoxy) is 1. The molecule has 0 amide bonds. The SMILES string of the molecule is NC(CCCC1CCCO1)Cc1ccc(F)cc1Cl. The Labute approximate surface area is 119 Å². The lowest BCUT2D eigenvalue weighted by atomic mass is 10.00. The van der Waals surface area contributed by atoms with Gasteiger partial charge in [0.15, 0.2) is 0 Å². The van der Waals surface area contributed by atoms with Crippen molar-refractivity contribution in [1.29, 1.82) is 0 Å². The molecule has 0 radical (unpaired) electrons. The highest BCUT2D eigenvalue weighted by Gasteiger charge is 2.15. The molecule has 2 N–H and O–H groups in total. The van der Waals surface area contributed by atoms with Crippen LogP contribution in [0.3, 0.4) is 0 Å². The van der Waals surface area contributed by atoms with Crippen molar-refractivity contribution in [3.8, 4) is 0 Å². The Morgan fingerprint density at radius 3 is 3.00 bits per heavy atom. The van der Waals surface area contributed by atoms with Crippen LogP contribution >= 0.6 is 11.6 Å². The topological polar surface area (TPSA) is 35.2 Å². The van der Waals surface area contributed by atoms with E-state index in [0.29, 0.717) is 17.5 Å². The Morgan fingerprint density at radius 2 is 2.32 bits per heavy atom. The van der Waals surface area contributed by atoms with Crippen molar-refractivity contribution in [2.24, 2.45) is 5.73 Å². The lowest BCUT2D eigenvalue weighted by Crippen LogP contribution is -2.23. The highest BCUT2D eigenvalue weighted by molar-refractivity contribution is 6.31. The maximum Gasteiger partial charge on any atom is 0.124 e. The van der Waals surface area contributed by atoms with Crippen LogP contribution in [0.4, 0.5) is 4.39 Å². The van der Waals surface area contributed by atoms with Crippen LogP contribution in [0.25, 0.3) is 0 Å². The molecule has 1 saturated heterocycles. The van der Waals surface area contributed by atoms with Gasteiger partial charge in [0.05, 0.1) is 6.10 Å². The summed E-state index contributed by atoms with van der Waals surface area (Å²) in [6, 6.07) is 4.57. The van der Waals surface area contributed by atoms with Crippen LogP contribution in [0.2, 0.25) is 5.02 Å². The Kier molecular flexibility index (Phi) is 5.61. The summed E-state index contributed by atoms with van der Waals surface area (Å²) in [7, 11) is 0. The van der Waals surface area contributed by atoms with Gasteiger partial charge in [-0.1, -0.05) is 17.7 Å². The first-order chi connectivity index (χ1) is 9.15. The fourth-order valence-corrected chi connectivity index (χ4v) is 2.80. The average Bonchev–Trinajstić information content (AvgIpc) is 2.86. The zero-order valence-electron chi connectivity index (χ0n) is 11.1. The summed E-state index contributed by atoms with van der Waals surface area (Å²) >= 11 is 6.00. The van der Waals surface area contributed by atoms with Gasteiger partial charge in [0.25, 0.3) is 0 Å². The third kappa shape index (κ3) is 4.75. The van der Waals surface area contributed by atoms with E-state index in [1.165, 1.54) is 25.0 Å². The molecule has 0 spiro atoms. The van der Waals surface area contributed by atoms with Gasteiger partial charge in [-0.15, -0.1) is 0 Å². The fourth-order valence-electron chi connectivity index (χ4n) is 2.55. The molecule has 4 heteroatoms. The van der Waals surface area contributed by atoms with Crippen LogP contribution < -0.4 is 5.73 Å². The highest BCUT2D eigenvalue weighted by atomic mass is 35.5. The zero-order valence-corrected chi connectivity index (χ0v) is 11.8. The second-order valence-electron chi connectivity index (χ2n) is 5.27. The van der Waals surface area contributed by atoms with Gasteiger partial charge in [-0.25, -0.2) is 4.39 Å². The third-order valence-electron chi connectivity index (χ3n) is 3.62. The van der Waals surface area contributed by atoms with Gasteiger partial charge in [0.2, 0.25) is 0 Å². The Bertz CT molecular complexity index is 407. The van der Waals surface area contributed by atoms with E-state index >= 15 is 0 Å². The van der Waals surface area contributed by atoms with Crippen molar-refractivity contribution in [3.63, 3.8) is 0 Å². The number of benzene rings is 1. The van der Waals surface area contributed by atoms with Gasteiger partial charge < -0.3 is 10.5 Å². The number of rotatable bonds is 6. The molecule has 0 aromatic heterocycles.